The lowest BCUT2D eigenvalue weighted by Gasteiger charge is -2.18. The number of aromatic hydroxyl groups is 1. The van der Waals surface area contributed by atoms with Gasteiger partial charge in [-0.3, -0.25) is 4.79 Å². The van der Waals surface area contributed by atoms with E-state index in [0.717, 1.165) is 16.7 Å². The second-order valence-electron chi connectivity index (χ2n) is 5.29. The summed E-state index contributed by atoms with van der Waals surface area (Å²) >= 11 is 0. The van der Waals surface area contributed by atoms with Crippen LogP contribution in [-0.4, -0.2) is 17.5 Å². The molecule has 21 heavy (non-hydrogen) atoms. The normalized spacial score (nSPS) is 15.7. The number of Topliss-reactive ketones (excluding diaryl/α,β-unsaturated/α-hetero) is 1. The topological polar surface area (TPSA) is 46.5 Å². The Morgan fingerprint density at radius 1 is 1.14 bits per heavy atom. The Labute approximate surface area is 123 Å². The van der Waals surface area contributed by atoms with Crippen molar-refractivity contribution >= 4 is 11.9 Å². The first kappa shape index (κ1) is 13.4. The summed E-state index contributed by atoms with van der Waals surface area (Å²) in [6.45, 7) is 3.96. The first-order valence-corrected chi connectivity index (χ1v) is 6.83. The average molecular weight is 280 g/mol. The number of phenolic OH excluding ortho intramolecular Hbond substituents is 1. The molecule has 1 N–H and O–H groups in total. The molecule has 0 spiro atoms. The SMILES string of the molecule is Cc1cc(C=C2COc3ccccc3C2=O)cc(C)c1O. The van der Waals surface area contributed by atoms with Crippen molar-refractivity contribution < 1.29 is 14.6 Å². The molecule has 0 unspecified atom stereocenters. The highest BCUT2D eigenvalue weighted by molar-refractivity contribution is 6.14. The monoisotopic (exact) mass is 280 g/mol. The van der Waals surface area contributed by atoms with E-state index in [1.165, 1.54) is 0 Å². The Morgan fingerprint density at radius 2 is 1.81 bits per heavy atom. The van der Waals surface area contributed by atoms with Gasteiger partial charge < -0.3 is 9.84 Å². The second kappa shape index (κ2) is 5.09. The van der Waals surface area contributed by atoms with Crippen LogP contribution < -0.4 is 4.74 Å². The van der Waals surface area contributed by atoms with E-state index in [9.17, 15) is 9.90 Å². The van der Waals surface area contributed by atoms with Gasteiger partial charge in [-0.2, -0.15) is 0 Å². The molecule has 1 heterocycles. The molecule has 3 heteroatoms. The lowest BCUT2D eigenvalue weighted by molar-refractivity contribution is 0.100. The summed E-state index contributed by atoms with van der Waals surface area (Å²) in [7, 11) is 0. The number of benzene rings is 2. The number of aryl methyl sites for hydroxylation is 2. The van der Waals surface area contributed by atoms with Crippen LogP contribution in [0.15, 0.2) is 42.0 Å². The van der Waals surface area contributed by atoms with E-state index in [4.69, 9.17) is 4.74 Å². The van der Waals surface area contributed by atoms with Gasteiger partial charge in [0.15, 0.2) is 5.78 Å². The Bertz CT molecular complexity index is 734. The van der Waals surface area contributed by atoms with Crippen molar-refractivity contribution in [2.45, 2.75) is 13.8 Å². The standard InChI is InChI=1S/C18H16O3/c1-11-7-13(8-12(2)17(11)19)9-14-10-21-16-6-4-3-5-15(16)18(14)20/h3-9,19H,10H2,1-2H3. The first-order chi connectivity index (χ1) is 10.1. The minimum absolute atomic E-state index is 0.000214. The van der Waals surface area contributed by atoms with Crippen molar-refractivity contribution in [2.75, 3.05) is 6.61 Å². The van der Waals surface area contributed by atoms with Crippen molar-refractivity contribution in [1.29, 1.82) is 0 Å². The van der Waals surface area contributed by atoms with Gasteiger partial charge in [0.25, 0.3) is 0 Å². The molecule has 3 rings (SSSR count). The van der Waals surface area contributed by atoms with Crippen LogP contribution in [0.2, 0.25) is 0 Å². The predicted octanol–water partition coefficient (Wildman–Crippen LogP) is 3.67. The van der Waals surface area contributed by atoms with E-state index in [0.29, 0.717) is 22.6 Å². The van der Waals surface area contributed by atoms with Crippen LogP contribution in [0.3, 0.4) is 0 Å². The molecule has 0 saturated carbocycles. The van der Waals surface area contributed by atoms with Gasteiger partial charge in [-0.15, -0.1) is 0 Å². The number of fused-ring (bicyclic) bond motifs is 1. The molecule has 2 aromatic rings. The molecule has 106 valence electrons. The summed E-state index contributed by atoms with van der Waals surface area (Å²) in [6, 6.07) is 11.0. The highest BCUT2D eigenvalue weighted by atomic mass is 16.5. The number of rotatable bonds is 1. The molecule has 0 aliphatic carbocycles. The van der Waals surface area contributed by atoms with Crippen molar-refractivity contribution in [3.8, 4) is 11.5 Å². The minimum Gasteiger partial charge on any atom is -0.507 e. The van der Waals surface area contributed by atoms with E-state index in [1.54, 1.807) is 12.1 Å². The number of carbonyl (C=O) groups excluding carboxylic acids is 1. The molecule has 0 amide bonds. The summed E-state index contributed by atoms with van der Waals surface area (Å²) in [5.41, 5.74) is 3.72. The van der Waals surface area contributed by atoms with Gasteiger partial charge >= 0.3 is 0 Å². The van der Waals surface area contributed by atoms with E-state index >= 15 is 0 Å². The van der Waals surface area contributed by atoms with E-state index in [2.05, 4.69) is 0 Å². The lowest BCUT2D eigenvalue weighted by atomic mass is 9.97. The van der Waals surface area contributed by atoms with Crippen LogP contribution >= 0.6 is 0 Å². The van der Waals surface area contributed by atoms with Crippen LogP contribution in [-0.2, 0) is 0 Å². The fourth-order valence-electron chi connectivity index (χ4n) is 2.56. The number of carbonyl (C=O) groups is 1. The minimum atomic E-state index is 0.000214. The fourth-order valence-corrected chi connectivity index (χ4v) is 2.56. The van der Waals surface area contributed by atoms with Gasteiger partial charge in [0.2, 0.25) is 0 Å². The molecule has 1 aliphatic rings. The first-order valence-electron chi connectivity index (χ1n) is 6.83. The van der Waals surface area contributed by atoms with E-state index < -0.39 is 0 Å². The lowest BCUT2D eigenvalue weighted by Crippen LogP contribution is -2.18. The number of hydrogen-bond acceptors (Lipinski definition) is 3. The zero-order valence-electron chi connectivity index (χ0n) is 12.0. The zero-order valence-corrected chi connectivity index (χ0v) is 12.0. The molecule has 2 aromatic carbocycles. The van der Waals surface area contributed by atoms with Gasteiger partial charge in [-0.1, -0.05) is 12.1 Å². The summed E-state index contributed by atoms with van der Waals surface area (Å²) in [5.74, 6) is 0.937. The van der Waals surface area contributed by atoms with E-state index in [-0.39, 0.29) is 12.4 Å². The van der Waals surface area contributed by atoms with Gasteiger partial charge in [0.1, 0.15) is 18.1 Å². The van der Waals surface area contributed by atoms with Crippen molar-refractivity contribution in [3.63, 3.8) is 0 Å². The smallest absolute Gasteiger partial charge is 0.196 e. The molecule has 1 aliphatic heterocycles. The molecular weight excluding hydrogens is 264 g/mol. The summed E-state index contributed by atoms with van der Waals surface area (Å²) in [4.78, 5) is 12.5. The molecule has 0 fully saturated rings. The maximum Gasteiger partial charge on any atom is 0.196 e. The highest BCUT2D eigenvalue weighted by Gasteiger charge is 2.22. The quantitative estimate of drug-likeness (QED) is 0.811. The highest BCUT2D eigenvalue weighted by Crippen LogP contribution is 2.29. The van der Waals surface area contributed by atoms with Gasteiger partial charge in [0, 0.05) is 5.57 Å². The Balaban J connectivity index is 2.00. The van der Waals surface area contributed by atoms with Gasteiger partial charge in [-0.25, -0.2) is 0 Å². The Hall–Kier alpha value is -2.55. The Morgan fingerprint density at radius 3 is 2.52 bits per heavy atom. The molecule has 0 bridgehead atoms. The van der Waals surface area contributed by atoms with Crippen LogP contribution in [0.5, 0.6) is 11.5 Å². The third-order valence-electron chi connectivity index (χ3n) is 3.66. The van der Waals surface area contributed by atoms with E-state index in [1.807, 2.05) is 44.2 Å². The van der Waals surface area contributed by atoms with Gasteiger partial charge in [-0.05, 0) is 60.9 Å². The summed E-state index contributed by atoms with van der Waals surface area (Å²) < 4.78 is 5.62. The predicted molar refractivity (Wildman–Crippen MR) is 81.8 cm³/mol. The maximum atomic E-state index is 12.5. The third kappa shape index (κ3) is 2.42. The van der Waals surface area contributed by atoms with Crippen LogP contribution in [0.4, 0.5) is 0 Å². The molecule has 0 radical (unpaired) electrons. The third-order valence-corrected chi connectivity index (χ3v) is 3.66. The largest absolute Gasteiger partial charge is 0.507 e. The number of para-hydroxylation sites is 1. The second-order valence-corrected chi connectivity index (χ2v) is 5.29. The van der Waals surface area contributed by atoms with Crippen LogP contribution in [0.25, 0.3) is 6.08 Å². The molecular formula is C18H16O3. The molecule has 0 aromatic heterocycles. The molecule has 0 atom stereocenters. The van der Waals surface area contributed by atoms with Crippen molar-refractivity contribution in [1.82, 2.24) is 0 Å². The van der Waals surface area contributed by atoms with Crippen molar-refractivity contribution in [3.05, 3.63) is 64.2 Å². The summed E-state index contributed by atoms with van der Waals surface area (Å²) in [5, 5.41) is 9.81. The van der Waals surface area contributed by atoms with Gasteiger partial charge in [0.05, 0.1) is 5.56 Å². The number of phenols is 1. The van der Waals surface area contributed by atoms with Crippen LogP contribution in [0, 0.1) is 13.8 Å². The van der Waals surface area contributed by atoms with Crippen LogP contribution in [0.1, 0.15) is 27.0 Å². The zero-order chi connectivity index (χ0) is 15.0. The maximum absolute atomic E-state index is 12.5. The Kier molecular flexibility index (Phi) is 3.26. The number of ketones is 1. The number of ether oxygens (including phenoxy) is 1. The fraction of sp³-hybridized carbons (Fsp3) is 0.167. The average Bonchev–Trinajstić information content (AvgIpc) is 2.48. The number of hydrogen-bond donors (Lipinski definition) is 1. The summed E-state index contributed by atoms with van der Waals surface area (Å²) in [6.07, 6.45) is 1.83. The molecule has 3 nitrogen and oxygen atoms in total. The molecule has 0 saturated heterocycles. The van der Waals surface area contributed by atoms with Crippen molar-refractivity contribution in [2.24, 2.45) is 0 Å².